The molecule has 2 unspecified atom stereocenters. The van der Waals surface area contributed by atoms with Crippen molar-refractivity contribution in [3.8, 4) is 0 Å². The van der Waals surface area contributed by atoms with Crippen molar-refractivity contribution in [1.82, 2.24) is 5.32 Å². The van der Waals surface area contributed by atoms with Gasteiger partial charge in [0.15, 0.2) is 0 Å². The second-order valence-corrected chi connectivity index (χ2v) is 6.91. The Balaban J connectivity index is 0.00000264. The number of benzene rings is 1. The zero-order chi connectivity index (χ0) is 16.4. The quantitative estimate of drug-likeness (QED) is 0.819. The van der Waals surface area contributed by atoms with Gasteiger partial charge in [-0.15, -0.1) is 12.4 Å². The second kappa shape index (κ2) is 7.84. The molecule has 4 nitrogen and oxygen atoms in total. The summed E-state index contributed by atoms with van der Waals surface area (Å²) in [6.07, 6.45) is 1.34. The van der Waals surface area contributed by atoms with Crippen molar-refractivity contribution in [3.05, 3.63) is 34.9 Å². The van der Waals surface area contributed by atoms with Crippen LogP contribution in [0.2, 0.25) is 5.02 Å². The van der Waals surface area contributed by atoms with E-state index in [4.69, 9.17) is 22.1 Å². The van der Waals surface area contributed by atoms with Crippen LogP contribution in [0, 0.1) is 5.41 Å². The van der Waals surface area contributed by atoms with Crippen molar-refractivity contribution >= 4 is 29.9 Å². The highest BCUT2D eigenvalue weighted by molar-refractivity contribution is 6.30. The average molecular weight is 361 g/mol. The SMILES string of the molecule is CCOC1CC(N)(C(=O)NCCc2cccc(Cl)c2)C1(C)C.Cl. The van der Waals surface area contributed by atoms with E-state index in [1.54, 1.807) is 0 Å². The molecular formula is C17H26Cl2N2O2. The number of rotatable bonds is 6. The Morgan fingerprint density at radius 1 is 1.48 bits per heavy atom. The van der Waals surface area contributed by atoms with Crippen LogP contribution in [0.5, 0.6) is 0 Å². The summed E-state index contributed by atoms with van der Waals surface area (Å²) in [6.45, 7) is 7.13. The molecule has 1 aliphatic rings. The van der Waals surface area contributed by atoms with E-state index in [-0.39, 0.29) is 29.8 Å². The summed E-state index contributed by atoms with van der Waals surface area (Å²) in [5, 5.41) is 3.66. The third-order valence-corrected chi connectivity index (χ3v) is 5.06. The first kappa shape index (κ1) is 20.2. The fourth-order valence-corrected chi connectivity index (χ4v) is 3.20. The predicted octanol–water partition coefficient (Wildman–Crippen LogP) is 2.95. The van der Waals surface area contributed by atoms with Crippen LogP contribution in [0.4, 0.5) is 0 Å². The molecule has 130 valence electrons. The molecule has 0 aromatic heterocycles. The van der Waals surface area contributed by atoms with Crippen molar-refractivity contribution in [2.24, 2.45) is 11.1 Å². The Labute approximate surface area is 149 Å². The van der Waals surface area contributed by atoms with Gasteiger partial charge >= 0.3 is 0 Å². The number of halogens is 2. The van der Waals surface area contributed by atoms with Gasteiger partial charge in [0.1, 0.15) is 5.54 Å². The first-order chi connectivity index (χ1) is 10.3. The molecule has 0 bridgehead atoms. The zero-order valence-electron chi connectivity index (χ0n) is 13.9. The molecule has 2 atom stereocenters. The van der Waals surface area contributed by atoms with Crippen LogP contribution in [0.15, 0.2) is 24.3 Å². The second-order valence-electron chi connectivity index (χ2n) is 6.48. The van der Waals surface area contributed by atoms with E-state index in [0.717, 1.165) is 12.0 Å². The molecular weight excluding hydrogens is 335 g/mol. The number of hydrogen-bond acceptors (Lipinski definition) is 3. The van der Waals surface area contributed by atoms with Crippen LogP contribution in [-0.4, -0.2) is 30.7 Å². The lowest BCUT2D eigenvalue weighted by atomic mass is 9.54. The molecule has 0 saturated heterocycles. The van der Waals surface area contributed by atoms with Crippen LogP contribution >= 0.6 is 24.0 Å². The molecule has 0 aliphatic heterocycles. The largest absolute Gasteiger partial charge is 0.378 e. The standard InChI is InChI=1S/C17H25ClN2O2.ClH/c1-4-22-14-11-17(19,16(14,2)3)15(21)20-9-8-12-6-5-7-13(18)10-12;/h5-7,10,14H,4,8-9,11,19H2,1-3H3,(H,20,21);1H. The van der Waals surface area contributed by atoms with Gasteiger partial charge in [0.05, 0.1) is 6.10 Å². The smallest absolute Gasteiger partial charge is 0.240 e. The summed E-state index contributed by atoms with van der Waals surface area (Å²) in [4.78, 5) is 12.5. The molecule has 1 aromatic carbocycles. The van der Waals surface area contributed by atoms with Gasteiger partial charge in [-0.2, -0.15) is 0 Å². The minimum atomic E-state index is -0.860. The van der Waals surface area contributed by atoms with Crippen LogP contribution in [-0.2, 0) is 16.0 Å². The highest BCUT2D eigenvalue weighted by atomic mass is 35.5. The number of hydrogen-bond donors (Lipinski definition) is 2. The van der Waals surface area contributed by atoms with Gasteiger partial charge in [-0.25, -0.2) is 0 Å². The monoisotopic (exact) mass is 360 g/mol. The normalized spacial score (nSPS) is 25.2. The molecule has 3 N–H and O–H groups in total. The topological polar surface area (TPSA) is 64.3 Å². The van der Waals surface area contributed by atoms with Gasteiger partial charge in [0.25, 0.3) is 0 Å². The van der Waals surface area contributed by atoms with Crippen molar-refractivity contribution in [1.29, 1.82) is 0 Å². The minimum Gasteiger partial charge on any atom is -0.378 e. The van der Waals surface area contributed by atoms with E-state index in [1.165, 1.54) is 0 Å². The molecule has 0 heterocycles. The van der Waals surface area contributed by atoms with Gasteiger partial charge in [-0.3, -0.25) is 4.79 Å². The van der Waals surface area contributed by atoms with E-state index < -0.39 is 5.54 Å². The Kier molecular flexibility index (Phi) is 6.90. The maximum absolute atomic E-state index is 12.5. The highest BCUT2D eigenvalue weighted by Crippen LogP contribution is 2.49. The zero-order valence-corrected chi connectivity index (χ0v) is 15.5. The number of amides is 1. The van der Waals surface area contributed by atoms with Gasteiger partial charge < -0.3 is 15.8 Å². The summed E-state index contributed by atoms with van der Waals surface area (Å²) in [6, 6.07) is 7.65. The molecule has 23 heavy (non-hydrogen) atoms. The van der Waals surface area contributed by atoms with Crippen molar-refractivity contribution in [2.75, 3.05) is 13.2 Å². The number of carbonyl (C=O) groups excluding carboxylic acids is 1. The van der Waals surface area contributed by atoms with Crippen LogP contribution in [0.3, 0.4) is 0 Å². The number of ether oxygens (including phenoxy) is 1. The fraction of sp³-hybridized carbons (Fsp3) is 0.588. The van der Waals surface area contributed by atoms with Gasteiger partial charge in [0.2, 0.25) is 5.91 Å². The van der Waals surface area contributed by atoms with E-state index in [0.29, 0.717) is 24.6 Å². The van der Waals surface area contributed by atoms with Crippen molar-refractivity contribution < 1.29 is 9.53 Å². The van der Waals surface area contributed by atoms with Crippen LogP contribution in [0.25, 0.3) is 0 Å². The lowest BCUT2D eigenvalue weighted by Crippen LogP contribution is -2.75. The third kappa shape index (κ3) is 4.00. The van der Waals surface area contributed by atoms with E-state index in [2.05, 4.69) is 5.32 Å². The molecule has 2 rings (SSSR count). The lowest BCUT2D eigenvalue weighted by Gasteiger charge is -2.57. The number of nitrogens with two attached hydrogens (primary N) is 1. The first-order valence-electron chi connectivity index (χ1n) is 7.74. The molecule has 1 aromatic rings. The summed E-state index contributed by atoms with van der Waals surface area (Å²) in [5.41, 5.74) is 6.21. The Morgan fingerprint density at radius 3 is 2.74 bits per heavy atom. The number of carbonyl (C=O) groups is 1. The summed E-state index contributed by atoms with van der Waals surface area (Å²) >= 11 is 5.95. The molecule has 6 heteroatoms. The minimum absolute atomic E-state index is 0. The molecule has 1 fully saturated rings. The molecule has 0 radical (unpaired) electrons. The van der Waals surface area contributed by atoms with E-state index in [1.807, 2.05) is 45.0 Å². The Hall–Kier alpha value is -0.810. The van der Waals surface area contributed by atoms with E-state index >= 15 is 0 Å². The maximum Gasteiger partial charge on any atom is 0.240 e. The molecule has 1 aliphatic carbocycles. The predicted molar refractivity (Wildman–Crippen MR) is 96.1 cm³/mol. The van der Waals surface area contributed by atoms with Gasteiger partial charge in [0, 0.05) is 30.0 Å². The van der Waals surface area contributed by atoms with Crippen molar-refractivity contribution in [3.63, 3.8) is 0 Å². The Bertz CT molecular complexity index is 551. The van der Waals surface area contributed by atoms with Crippen molar-refractivity contribution in [2.45, 2.75) is 45.3 Å². The van der Waals surface area contributed by atoms with Crippen LogP contribution in [0.1, 0.15) is 32.8 Å². The fourth-order valence-electron chi connectivity index (χ4n) is 2.99. The molecule has 0 spiro atoms. The highest BCUT2D eigenvalue weighted by Gasteiger charge is 2.62. The summed E-state index contributed by atoms with van der Waals surface area (Å²) in [5.74, 6) is -0.101. The van der Waals surface area contributed by atoms with E-state index in [9.17, 15) is 4.79 Å². The molecule has 1 amide bonds. The Morgan fingerprint density at radius 2 is 2.17 bits per heavy atom. The molecule has 1 saturated carbocycles. The van der Waals surface area contributed by atoms with Crippen LogP contribution < -0.4 is 11.1 Å². The summed E-state index contributed by atoms with van der Waals surface area (Å²) < 4.78 is 5.65. The summed E-state index contributed by atoms with van der Waals surface area (Å²) in [7, 11) is 0. The lowest BCUT2D eigenvalue weighted by molar-refractivity contribution is -0.170. The third-order valence-electron chi connectivity index (χ3n) is 4.82. The number of nitrogens with one attached hydrogen (secondary N) is 1. The van der Waals surface area contributed by atoms with Gasteiger partial charge in [-0.05, 0) is 31.0 Å². The maximum atomic E-state index is 12.5. The van der Waals surface area contributed by atoms with Gasteiger partial charge in [-0.1, -0.05) is 37.6 Å². The average Bonchev–Trinajstić information content (AvgIpc) is 2.46. The first-order valence-corrected chi connectivity index (χ1v) is 8.12.